The van der Waals surface area contributed by atoms with Crippen LogP contribution in [0.3, 0.4) is 0 Å². The minimum absolute atomic E-state index is 0.0482. The second-order valence-electron chi connectivity index (χ2n) is 4.13. The molecule has 78 valence electrons. The van der Waals surface area contributed by atoms with Crippen molar-refractivity contribution in [3.8, 4) is 0 Å². The highest BCUT2D eigenvalue weighted by molar-refractivity contribution is 5.27. The first-order valence-electron chi connectivity index (χ1n) is 5.39. The van der Waals surface area contributed by atoms with Crippen LogP contribution in [-0.4, -0.2) is 0 Å². The van der Waals surface area contributed by atoms with Crippen LogP contribution >= 0.6 is 0 Å². The Labute approximate surface area is 86.2 Å². The lowest BCUT2D eigenvalue weighted by atomic mass is 9.94. The Morgan fingerprint density at radius 3 is 2.64 bits per heavy atom. The van der Waals surface area contributed by atoms with Gasteiger partial charge in [0.05, 0.1) is 0 Å². The fourth-order valence-corrected chi connectivity index (χ4v) is 1.87. The van der Waals surface area contributed by atoms with Gasteiger partial charge in [-0.2, -0.15) is 0 Å². The highest BCUT2D eigenvalue weighted by atomic mass is 19.1. The summed E-state index contributed by atoms with van der Waals surface area (Å²) in [5, 5.41) is 0. The second kappa shape index (κ2) is 5.14. The van der Waals surface area contributed by atoms with Crippen LogP contribution in [0.1, 0.15) is 37.8 Å². The molecular formula is C13H19F. The Morgan fingerprint density at radius 1 is 1.36 bits per heavy atom. The van der Waals surface area contributed by atoms with Crippen LogP contribution in [0.15, 0.2) is 18.2 Å². The van der Waals surface area contributed by atoms with Crippen molar-refractivity contribution in [2.24, 2.45) is 5.92 Å². The molecule has 0 fully saturated rings. The van der Waals surface area contributed by atoms with E-state index < -0.39 is 0 Å². The van der Waals surface area contributed by atoms with Crippen LogP contribution in [-0.2, 0) is 6.42 Å². The molecule has 0 bridgehead atoms. The molecule has 0 aliphatic rings. The van der Waals surface area contributed by atoms with Gasteiger partial charge in [-0.1, -0.05) is 38.8 Å². The van der Waals surface area contributed by atoms with Crippen molar-refractivity contribution < 1.29 is 4.39 Å². The predicted molar refractivity (Wildman–Crippen MR) is 58.9 cm³/mol. The average molecular weight is 194 g/mol. The van der Waals surface area contributed by atoms with Gasteiger partial charge in [0.1, 0.15) is 5.82 Å². The summed E-state index contributed by atoms with van der Waals surface area (Å²) in [5.74, 6) is 0.531. The third-order valence-electron chi connectivity index (χ3n) is 2.69. The molecule has 0 aliphatic heterocycles. The largest absolute Gasteiger partial charge is 0.207 e. The summed E-state index contributed by atoms with van der Waals surface area (Å²) in [4.78, 5) is 0. The molecule has 0 aliphatic carbocycles. The van der Waals surface area contributed by atoms with Crippen molar-refractivity contribution in [3.63, 3.8) is 0 Å². The maximum atomic E-state index is 13.5. The third kappa shape index (κ3) is 2.83. The van der Waals surface area contributed by atoms with Crippen molar-refractivity contribution in [2.75, 3.05) is 0 Å². The Morgan fingerprint density at radius 2 is 2.07 bits per heavy atom. The van der Waals surface area contributed by atoms with Crippen molar-refractivity contribution in [3.05, 3.63) is 35.1 Å². The maximum Gasteiger partial charge on any atom is 0.126 e. The molecule has 0 N–H and O–H groups in total. The minimum Gasteiger partial charge on any atom is -0.207 e. The van der Waals surface area contributed by atoms with Gasteiger partial charge in [0.2, 0.25) is 0 Å². The number of rotatable bonds is 4. The van der Waals surface area contributed by atoms with Crippen molar-refractivity contribution >= 4 is 0 Å². The normalized spacial score (nSPS) is 12.9. The molecule has 0 spiro atoms. The molecule has 1 aromatic carbocycles. The zero-order chi connectivity index (χ0) is 10.6. The van der Waals surface area contributed by atoms with Gasteiger partial charge in [-0.25, -0.2) is 4.39 Å². The van der Waals surface area contributed by atoms with Gasteiger partial charge in [-0.05, 0) is 36.5 Å². The molecule has 0 saturated carbocycles. The number of hydrogen-bond donors (Lipinski definition) is 0. The summed E-state index contributed by atoms with van der Waals surface area (Å²) in [6.45, 7) is 6.34. The van der Waals surface area contributed by atoms with Gasteiger partial charge in [-0.15, -0.1) is 0 Å². The summed E-state index contributed by atoms with van der Waals surface area (Å²) in [7, 11) is 0. The molecule has 1 aromatic rings. The molecule has 0 heterocycles. The van der Waals surface area contributed by atoms with E-state index in [0.717, 1.165) is 17.5 Å². The first-order valence-corrected chi connectivity index (χ1v) is 5.39. The van der Waals surface area contributed by atoms with Gasteiger partial charge in [-0.3, -0.25) is 0 Å². The zero-order valence-electron chi connectivity index (χ0n) is 9.31. The number of halogens is 1. The van der Waals surface area contributed by atoms with Crippen molar-refractivity contribution in [1.29, 1.82) is 0 Å². The molecule has 14 heavy (non-hydrogen) atoms. The van der Waals surface area contributed by atoms with Gasteiger partial charge in [0.15, 0.2) is 0 Å². The standard InChI is InChI=1S/C13H19F/c1-4-6-10(2)9-12-11(3)7-5-8-13(12)14/h5,7-8,10H,4,6,9H2,1-3H3. The van der Waals surface area contributed by atoms with E-state index in [4.69, 9.17) is 0 Å². The lowest BCUT2D eigenvalue weighted by Crippen LogP contribution is -2.03. The summed E-state index contributed by atoms with van der Waals surface area (Å²) in [5.41, 5.74) is 1.97. The van der Waals surface area contributed by atoms with E-state index >= 15 is 0 Å². The molecular weight excluding hydrogens is 175 g/mol. The first kappa shape index (κ1) is 11.2. The van der Waals surface area contributed by atoms with E-state index in [1.807, 2.05) is 13.0 Å². The van der Waals surface area contributed by atoms with Crippen LogP contribution < -0.4 is 0 Å². The number of hydrogen-bond acceptors (Lipinski definition) is 0. The maximum absolute atomic E-state index is 13.5. The van der Waals surface area contributed by atoms with E-state index in [-0.39, 0.29) is 5.82 Å². The lowest BCUT2D eigenvalue weighted by molar-refractivity contribution is 0.502. The molecule has 1 rings (SSSR count). The molecule has 1 atom stereocenters. The van der Waals surface area contributed by atoms with E-state index in [2.05, 4.69) is 13.8 Å². The fraction of sp³-hybridized carbons (Fsp3) is 0.538. The lowest BCUT2D eigenvalue weighted by Gasteiger charge is -2.12. The summed E-state index contributed by atoms with van der Waals surface area (Å²) < 4.78 is 13.5. The fourth-order valence-electron chi connectivity index (χ4n) is 1.87. The molecule has 0 aromatic heterocycles. The topological polar surface area (TPSA) is 0 Å². The van der Waals surface area contributed by atoms with Gasteiger partial charge in [0, 0.05) is 0 Å². The highest BCUT2D eigenvalue weighted by Crippen LogP contribution is 2.19. The zero-order valence-corrected chi connectivity index (χ0v) is 9.31. The predicted octanol–water partition coefficient (Wildman–Crippen LogP) is 4.11. The molecule has 0 saturated heterocycles. The molecule has 0 nitrogen and oxygen atoms in total. The van der Waals surface area contributed by atoms with Crippen molar-refractivity contribution in [1.82, 2.24) is 0 Å². The Bertz CT molecular complexity index is 271. The SMILES string of the molecule is CCCC(C)Cc1c(C)cccc1F. The molecule has 0 radical (unpaired) electrons. The van der Waals surface area contributed by atoms with E-state index in [1.165, 1.54) is 12.8 Å². The van der Waals surface area contributed by atoms with Crippen LogP contribution in [0.4, 0.5) is 4.39 Å². The van der Waals surface area contributed by atoms with E-state index in [0.29, 0.717) is 5.92 Å². The van der Waals surface area contributed by atoms with Gasteiger partial charge >= 0.3 is 0 Å². The van der Waals surface area contributed by atoms with E-state index in [1.54, 1.807) is 12.1 Å². The first-order chi connectivity index (χ1) is 6.65. The number of aryl methyl sites for hydroxylation is 1. The number of benzene rings is 1. The van der Waals surface area contributed by atoms with Gasteiger partial charge < -0.3 is 0 Å². The Balaban J connectivity index is 2.75. The summed E-state index contributed by atoms with van der Waals surface area (Å²) in [6, 6.07) is 5.32. The average Bonchev–Trinajstić information content (AvgIpc) is 2.12. The summed E-state index contributed by atoms with van der Waals surface area (Å²) >= 11 is 0. The van der Waals surface area contributed by atoms with E-state index in [9.17, 15) is 4.39 Å². The Kier molecular flexibility index (Phi) is 4.12. The third-order valence-corrected chi connectivity index (χ3v) is 2.69. The highest BCUT2D eigenvalue weighted by Gasteiger charge is 2.09. The monoisotopic (exact) mass is 194 g/mol. The second-order valence-corrected chi connectivity index (χ2v) is 4.13. The van der Waals surface area contributed by atoms with Gasteiger partial charge in [0.25, 0.3) is 0 Å². The smallest absolute Gasteiger partial charge is 0.126 e. The molecule has 0 amide bonds. The minimum atomic E-state index is -0.0482. The molecule has 1 heteroatoms. The Hall–Kier alpha value is -0.850. The molecule has 1 unspecified atom stereocenters. The van der Waals surface area contributed by atoms with Crippen LogP contribution in [0.5, 0.6) is 0 Å². The quantitative estimate of drug-likeness (QED) is 0.676. The van der Waals surface area contributed by atoms with Crippen LogP contribution in [0, 0.1) is 18.7 Å². The summed E-state index contributed by atoms with van der Waals surface area (Å²) in [6.07, 6.45) is 3.22. The van der Waals surface area contributed by atoms with Crippen LogP contribution in [0.25, 0.3) is 0 Å². The van der Waals surface area contributed by atoms with Crippen molar-refractivity contribution in [2.45, 2.75) is 40.0 Å². The van der Waals surface area contributed by atoms with Crippen LogP contribution in [0.2, 0.25) is 0 Å².